The molecule has 8 heteroatoms. The Labute approximate surface area is 156 Å². The summed E-state index contributed by atoms with van der Waals surface area (Å²) in [6, 6.07) is -0.0485. The summed E-state index contributed by atoms with van der Waals surface area (Å²) in [4.78, 5) is 31.3. The van der Waals surface area contributed by atoms with Gasteiger partial charge in [0, 0.05) is 52.2 Å². The number of carbonyl (C=O) groups excluding carboxylic acids is 2. The topological polar surface area (TPSA) is 65.1 Å². The summed E-state index contributed by atoms with van der Waals surface area (Å²) in [7, 11) is 0. The van der Waals surface area contributed by atoms with E-state index in [1.807, 2.05) is 9.80 Å². The van der Waals surface area contributed by atoms with Gasteiger partial charge in [-0.05, 0) is 19.4 Å². The van der Waals surface area contributed by atoms with E-state index < -0.39 is 0 Å². The Balaban J connectivity index is 0.00000225. The van der Waals surface area contributed by atoms with Gasteiger partial charge in [-0.25, -0.2) is 0 Å². The first-order valence-electron chi connectivity index (χ1n) is 9.35. The number of morpholine rings is 1. The van der Waals surface area contributed by atoms with Crippen LogP contribution in [0.15, 0.2) is 0 Å². The maximum absolute atomic E-state index is 12.8. The minimum atomic E-state index is -0.0485. The van der Waals surface area contributed by atoms with E-state index in [9.17, 15) is 9.59 Å². The fourth-order valence-electron chi connectivity index (χ4n) is 3.84. The molecule has 0 aromatic heterocycles. The molecule has 1 unspecified atom stereocenters. The summed E-state index contributed by atoms with van der Waals surface area (Å²) in [5, 5.41) is 3.27. The number of carbonyl (C=O) groups is 2. The number of rotatable bonds is 4. The van der Waals surface area contributed by atoms with Crippen LogP contribution < -0.4 is 5.32 Å². The Morgan fingerprint density at radius 3 is 2.40 bits per heavy atom. The van der Waals surface area contributed by atoms with Crippen LogP contribution in [0.5, 0.6) is 0 Å². The van der Waals surface area contributed by atoms with Crippen LogP contribution in [0.3, 0.4) is 0 Å². The molecule has 3 fully saturated rings. The van der Waals surface area contributed by atoms with Gasteiger partial charge >= 0.3 is 0 Å². The van der Waals surface area contributed by atoms with Gasteiger partial charge < -0.3 is 19.9 Å². The Hall–Kier alpha value is -0.890. The second-order valence-electron chi connectivity index (χ2n) is 6.87. The Morgan fingerprint density at radius 1 is 0.960 bits per heavy atom. The second-order valence-corrected chi connectivity index (χ2v) is 6.87. The van der Waals surface area contributed by atoms with Crippen LogP contribution in [-0.2, 0) is 14.3 Å². The zero-order valence-corrected chi connectivity index (χ0v) is 15.8. The molecule has 2 amide bonds. The number of piperazine rings is 1. The van der Waals surface area contributed by atoms with Crippen molar-refractivity contribution in [1.29, 1.82) is 0 Å². The molecule has 3 aliphatic heterocycles. The average molecular weight is 375 g/mol. The Bertz CT molecular complexity index is 440. The smallest absolute Gasteiger partial charge is 0.240 e. The number of hydrogen-bond donors (Lipinski definition) is 1. The van der Waals surface area contributed by atoms with Crippen LogP contribution in [0.2, 0.25) is 0 Å². The minimum Gasteiger partial charge on any atom is -0.378 e. The lowest BCUT2D eigenvalue weighted by molar-refractivity contribution is -0.143. The highest BCUT2D eigenvalue weighted by molar-refractivity contribution is 5.85. The lowest BCUT2D eigenvalue weighted by Crippen LogP contribution is -2.54. The molecule has 0 aromatic rings. The van der Waals surface area contributed by atoms with Gasteiger partial charge in [0.05, 0.1) is 19.3 Å². The molecule has 1 atom stereocenters. The van der Waals surface area contributed by atoms with E-state index in [0.717, 1.165) is 52.0 Å². The van der Waals surface area contributed by atoms with Crippen molar-refractivity contribution in [3.8, 4) is 0 Å². The molecule has 3 aliphatic rings. The third-order valence-electron chi connectivity index (χ3n) is 5.30. The van der Waals surface area contributed by atoms with Crippen LogP contribution in [0.1, 0.15) is 25.7 Å². The average Bonchev–Trinajstić information content (AvgIpc) is 2.67. The maximum Gasteiger partial charge on any atom is 0.240 e. The molecule has 0 radical (unpaired) electrons. The molecule has 3 rings (SSSR count). The zero-order chi connectivity index (χ0) is 16.8. The lowest BCUT2D eigenvalue weighted by atomic mass is 10.00. The summed E-state index contributed by atoms with van der Waals surface area (Å²) >= 11 is 0. The van der Waals surface area contributed by atoms with Crippen LogP contribution >= 0.6 is 12.4 Å². The van der Waals surface area contributed by atoms with Crippen molar-refractivity contribution in [2.24, 2.45) is 0 Å². The summed E-state index contributed by atoms with van der Waals surface area (Å²) in [5.41, 5.74) is 0. The van der Waals surface area contributed by atoms with Crippen LogP contribution in [-0.4, -0.2) is 98.1 Å². The van der Waals surface area contributed by atoms with E-state index in [1.165, 1.54) is 0 Å². The molecule has 0 aliphatic carbocycles. The number of nitrogens with one attached hydrogen (secondary N) is 1. The van der Waals surface area contributed by atoms with Gasteiger partial charge in [0.2, 0.25) is 11.8 Å². The molecule has 3 heterocycles. The Morgan fingerprint density at radius 2 is 1.68 bits per heavy atom. The first-order chi connectivity index (χ1) is 11.8. The number of likely N-dealkylation sites (tertiary alicyclic amines) is 1. The Kier molecular flexibility index (Phi) is 8.42. The molecule has 0 spiro atoms. The van der Waals surface area contributed by atoms with Crippen molar-refractivity contribution in [3.63, 3.8) is 0 Å². The van der Waals surface area contributed by atoms with Crippen molar-refractivity contribution in [3.05, 3.63) is 0 Å². The molecule has 25 heavy (non-hydrogen) atoms. The van der Waals surface area contributed by atoms with E-state index in [1.54, 1.807) is 0 Å². The van der Waals surface area contributed by atoms with Gasteiger partial charge in [0.1, 0.15) is 0 Å². The lowest BCUT2D eigenvalue weighted by Gasteiger charge is -2.39. The quantitative estimate of drug-likeness (QED) is 0.747. The first-order valence-corrected chi connectivity index (χ1v) is 9.35. The SMILES string of the molecule is Cl.O=C(CCN1CCCCC1C(=O)N1CCOCC1)N1CCNCC1. The largest absolute Gasteiger partial charge is 0.378 e. The summed E-state index contributed by atoms with van der Waals surface area (Å²) in [5.74, 6) is 0.451. The normalized spacial score (nSPS) is 25.4. The summed E-state index contributed by atoms with van der Waals surface area (Å²) in [6.07, 6.45) is 3.66. The number of ether oxygens (including phenoxy) is 1. The first kappa shape index (κ1) is 20.4. The van der Waals surface area contributed by atoms with Gasteiger partial charge in [0.25, 0.3) is 0 Å². The highest BCUT2D eigenvalue weighted by Gasteiger charge is 2.32. The predicted octanol–water partition coefficient (Wildman–Crippen LogP) is -0.0566. The van der Waals surface area contributed by atoms with E-state index in [-0.39, 0.29) is 30.3 Å². The van der Waals surface area contributed by atoms with Crippen molar-refractivity contribution in [1.82, 2.24) is 20.0 Å². The predicted molar refractivity (Wildman–Crippen MR) is 97.9 cm³/mol. The van der Waals surface area contributed by atoms with Crippen molar-refractivity contribution in [2.75, 3.05) is 65.6 Å². The molecule has 3 saturated heterocycles. The fourth-order valence-corrected chi connectivity index (χ4v) is 3.84. The van der Waals surface area contributed by atoms with Crippen molar-refractivity contribution >= 4 is 24.2 Å². The molecule has 1 N–H and O–H groups in total. The molecular formula is C17H31ClN4O3. The highest BCUT2D eigenvalue weighted by Crippen LogP contribution is 2.20. The van der Waals surface area contributed by atoms with Gasteiger partial charge in [-0.1, -0.05) is 6.42 Å². The van der Waals surface area contributed by atoms with Crippen LogP contribution in [0, 0.1) is 0 Å². The van der Waals surface area contributed by atoms with Crippen LogP contribution in [0.4, 0.5) is 0 Å². The third-order valence-corrected chi connectivity index (χ3v) is 5.30. The van der Waals surface area contributed by atoms with Crippen LogP contribution in [0.25, 0.3) is 0 Å². The van der Waals surface area contributed by atoms with Gasteiger partial charge in [0.15, 0.2) is 0 Å². The van der Waals surface area contributed by atoms with Crippen molar-refractivity contribution in [2.45, 2.75) is 31.7 Å². The zero-order valence-electron chi connectivity index (χ0n) is 15.0. The van der Waals surface area contributed by atoms with E-state index in [2.05, 4.69) is 10.2 Å². The molecule has 0 bridgehead atoms. The molecular weight excluding hydrogens is 344 g/mol. The number of hydrogen-bond acceptors (Lipinski definition) is 5. The molecule has 0 saturated carbocycles. The van der Waals surface area contributed by atoms with Gasteiger partial charge in [-0.2, -0.15) is 0 Å². The molecule has 7 nitrogen and oxygen atoms in total. The van der Waals surface area contributed by atoms with Gasteiger partial charge in [-0.15, -0.1) is 12.4 Å². The number of halogens is 1. The number of piperidine rings is 1. The summed E-state index contributed by atoms with van der Waals surface area (Å²) in [6.45, 7) is 7.66. The second kappa shape index (κ2) is 10.3. The number of amides is 2. The van der Waals surface area contributed by atoms with E-state index >= 15 is 0 Å². The molecule has 144 valence electrons. The van der Waals surface area contributed by atoms with E-state index in [4.69, 9.17) is 4.74 Å². The van der Waals surface area contributed by atoms with Crippen molar-refractivity contribution < 1.29 is 14.3 Å². The monoisotopic (exact) mass is 374 g/mol. The van der Waals surface area contributed by atoms with Gasteiger partial charge in [-0.3, -0.25) is 14.5 Å². The minimum absolute atomic E-state index is 0. The maximum atomic E-state index is 12.8. The highest BCUT2D eigenvalue weighted by atomic mass is 35.5. The fraction of sp³-hybridized carbons (Fsp3) is 0.882. The third kappa shape index (κ3) is 5.54. The number of nitrogens with zero attached hydrogens (tertiary/aromatic N) is 3. The van der Waals surface area contributed by atoms with E-state index in [0.29, 0.717) is 39.3 Å². The molecule has 0 aromatic carbocycles. The standard InChI is InChI=1S/C17H30N4O3.ClH/c22-16(20-9-5-18-6-10-20)4-8-19-7-2-1-3-15(19)17(23)21-11-13-24-14-12-21;/h15,18H,1-14H2;1H. The summed E-state index contributed by atoms with van der Waals surface area (Å²) < 4.78 is 5.35.